The van der Waals surface area contributed by atoms with Crippen LogP contribution < -0.4 is 16.2 Å². The van der Waals surface area contributed by atoms with Gasteiger partial charge < -0.3 is 15.3 Å². The molecule has 0 saturated carbocycles. The monoisotopic (exact) mass is 377 g/mol. The second kappa shape index (κ2) is 7.50. The summed E-state index contributed by atoms with van der Waals surface area (Å²) >= 11 is 0. The Morgan fingerprint density at radius 3 is 2.48 bits per heavy atom. The highest BCUT2D eigenvalue weighted by atomic mass is 16.5. The van der Waals surface area contributed by atoms with Crippen molar-refractivity contribution in [1.29, 1.82) is 0 Å². The maximum absolute atomic E-state index is 12.3. The summed E-state index contributed by atoms with van der Waals surface area (Å²) in [6.07, 6.45) is -0.258. The second-order valence-corrected chi connectivity index (χ2v) is 6.33. The van der Waals surface area contributed by atoms with E-state index in [9.17, 15) is 24.4 Å². The van der Waals surface area contributed by atoms with Gasteiger partial charge in [-0.15, -0.1) is 0 Å². The van der Waals surface area contributed by atoms with Crippen LogP contribution in [-0.2, 0) is 11.3 Å². The van der Waals surface area contributed by atoms with Gasteiger partial charge in [0.1, 0.15) is 6.04 Å². The molecule has 2 aliphatic heterocycles. The van der Waals surface area contributed by atoms with Gasteiger partial charge in [-0.3, -0.25) is 25.6 Å². The molecular formula is C16H19N5O6. The molecule has 1 aromatic carbocycles. The molecule has 2 aliphatic rings. The number of hydrazine groups is 1. The minimum absolute atomic E-state index is 0.113. The van der Waals surface area contributed by atoms with Crippen molar-refractivity contribution in [3.8, 4) is 0 Å². The van der Waals surface area contributed by atoms with Crippen molar-refractivity contribution in [3.05, 3.63) is 35.4 Å². The summed E-state index contributed by atoms with van der Waals surface area (Å²) in [5.74, 6) is -1.08. The van der Waals surface area contributed by atoms with Gasteiger partial charge in [-0.05, 0) is 30.5 Å². The number of piperidine rings is 1. The third-order valence-electron chi connectivity index (χ3n) is 4.61. The summed E-state index contributed by atoms with van der Waals surface area (Å²) in [4.78, 5) is 48.0. The number of urea groups is 1. The number of hydrogen-bond donors (Lipinski definition) is 5. The second-order valence-electron chi connectivity index (χ2n) is 6.33. The fourth-order valence-electron chi connectivity index (χ4n) is 3.15. The maximum Gasteiger partial charge on any atom is 0.404 e. The van der Waals surface area contributed by atoms with Crippen LogP contribution in [0.25, 0.3) is 0 Å². The van der Waals surface area contributed by atoms with E-state index in [1.54, 1.807) is 12.1 Å². The number of benzene rings is 1. The molecule has 1 aromatic rings. The lowest BCUT2D eigenvalue weighted by molar-refractivity contribution is -0.126. The van der Waals surface area contributed by atoms with Crippen molar-refractivity contribution in [2.45, 2.75) is 31.5 Å². The largest absolute Gasteiger partial charge is 0.465 e. The smallest absolute Gasteiger partial charge is 0.404 e. The van der Waals surface area contributed by atoms with Crippen LogP contribution in [-0.4, -0.2) is 62.8 Å². The van der Waals surface area contributed by atoms with Crippen molar-refractivity contribution in [2.24, 2.45) is 0 Å². The molecule has 0 unspecified atom stereocenters. The van der Waals surface area contributed by atoms with Gasteiger partial charge in [-0.1, -0.05) is 12.1 Å². The van der Waals surface area contributed by atoms with E-state index in [0.717, 1.165) is 0 Å². The molecule has 0 aromatic heterocycles. The number of hydroxylamine groups is 2. The molecule has 144 valence electrons. The average Bonchev–Trinajstić information content (AvgIpc) is 2.89. The Morgan fingerprint density at radius 1 is 1.11 bits per heavy atom. The van der Waals surface area contributed by atoms with Crippen molar-refractivity contribution < 1.29 is 29.5 Å². The standard InChI is InChI=1S/C16H19N5O6/c22-13(10-3-1-9(2-4-10)7-17-15(24)25)18-19-14(23)12-6-5-11-8-20(12)16(26)21(11)27/h1-4,11-12,17,27H,5-8H2,(H,18,22)(H,19,23)(H,24,25)/t11-,12+/m1/s1. The number of rotatable bonds is 4. The van der Waals surface area contributed by atoms with Gasteiger partial charge in [0, 0.05) is 18.7 Å². The molecule has 5 N–H and O–H groups in total. The summed E-state index contributed by atoms with van der Waals surface area (Å²) in [6, 6.07) is 4.51. The fraction of sp³-hybridized carbons (Fsp3) is 0.375. The SMILES string of the molecule is O=C(O)NCc1ccc(C(=O)NNC(=O)[C@@H]2CC[C@@H]3CN2C(=O)N3O)cc1. The lowest BCUT2D eigenvalue weighted by Gasteiger charge is -2.29. The number of hydrogen-bond acceptors (Lipinski definition) is 5. The average molecular weight is 377 g/mol. The van der Waals surface area contributed by atoms with Crippen molar-refractivity contribution >= 4 is 23.9 Å². The normalized spacial score (nSPS) is 21.0. The predicted octanol–water partition coefficient (Wildman–Crippen LogP) is -0.127. The van der Waals surface area contributed by atoms with Crippen LogP contribution in [0.3, 0.4) is 0 Å². The number of nitrogens with one attached hydrogen (secondary N) is 3. The first-order valence-corrected chi connectivity index (χ1v) is 8.31. The Balaban J connectivity index is 1.52. The molecule has 11 nitrogen and oxygen atoms in total. The van der Waals surface area contributed by atoms with E-state index in [1.165, 1.54) is 17.0 Å². The summed E-state index contributed by atoms with van der Waals surface area (Å²) in [7, 11) is 0. The van der Waals surface area contributed by atoms with Gasteiger partial charge in [-0.2, -0.15) is 0 Å². The van der Waals surface area contributed by atoms with E-state index < -0.39 is 30.0 Å². The molecule has 11 heteroatoms. The highest BCUT2D eigenvalue weighted by Crippen LogP contribution is 2.28. The summed E-state index contributed by atoms with van der Waals surface area (Å²) in [5, 5.41) is 21.0. The number of carboxylic acid groups (broad SMARTS) is 1. The Hall–Kier alpha value is -3.34. The van der Waals surface area contributed by atoms with E-state index in [-0.39, 0.29) is 24.7 Å². The van der Waals surface area contributed by atoms with E-state index in [4.69, 9.17) is 5.11 Å². The molecule has 0 spiro atoms. The molecule has 0 radical (unpaired) electrons. The summed E-state index contributed by atoms with van der Waals surface area (Å²) in [6.45, 7) is 0.385. The van der Waals surface area contributed by atoms with Crippen molar-refractivity contribution in [2.75, 3.05) is 6.54 Å². The minimum Gasteiger partial charge on any atom is -0.465 e. The van der Waals surface area contributed by atoms with E-state index in [2.05, 4.69) is 16.2 Å². The van der Waals surface area contributed by atoms with Gasteiger partial charge in [-0.25, -0.2) is 14.7 Å². The quantitative estimate of drug-likeness (QED) is 0.364. The molecule has 5 amide bonds. The summed E-state index contributed by atoms with van der Waals surface area (Å²) < 4.78 is 0. The van der Waals surface area contributed by atoms with Gasteiger partial charge >= 0.3 is 12.1 Å². The van der Waals surface area contributed by atoms with E-state index in [0.29, 0.717) is 23.5 Å². The molecule has 2 fully saturated rings. The zero-order valence-electron chi connectivity index (χ0n) is 14.2. The predicted molar refractivity (Wildman–Crippen MR) is 89.5 cm³/mol. The molecule has 2 saturated heterocycles. The van der Waals surface area contributed by atoms with Crippen LogP contribution in [0.4, 0.5) is 9.59 Å². The molecule has 3 rings (SSSR count). The van der Waals surface area contributed by atoms with E-state index >= 15 is 0 Å². The Morgan fingerprint density at radius 2 is 1.81 bits per heavy atom. The third-order valence-corrected chi connectivity index (χ3v) is 4.61. The van der Waals surface area contributed by atoms with Gasteiger partial charge in [0.05, 0.1) is 6.04 Å². The molecule has 0 aliphatic carbocycles. The Labute approximate surface area is 153 Å². The first kappa shape index (κ1) is 18.5. The van der Waals surface area contributed by atoms with Crippen LogP contribution in [0.5, 0.6) is 0 Å². The van der Waals surface area contributed by atoms with Crippen molar-refractivity contribution in [3.63, 3.8) is 0 Å². The third kappa shape index (κ3) is 3.92. The Kier molecular flexibility index (Phi) is 5.12. The number of nitrogens with zero attached hydrogens (tertiary/aromatic N) is 2. The number of carbonyl (C=O) groups excluding carboxylic acids is 3. The van der Waals surface area contributed by atoms with Crippen LogP contribution in [0, 0.1) is 0 Å². The van der Waals surface area contributed by atoms with Crippen LogP contribution in [0.1, 0.15) is 28.8 Å². The number of fused-ring (bicyclic) bond motifs is 2. The first-order valence-electron chi connectivity index (χ1n) is 8.31. The topological polar surface area (TPSA) is 151 Å². The summed E-state index contributed by atoms with van der Waals surface area (Å²) in [5.41, 5.74) is 5.54. The molecule has 2 atom stereocenters. The highest BCUT2D eigenvalue weighted by Gasteiger charge is 2.46. The zero-order chi connectivity index (χ0) is 19.6. The van der Waals surface area contributed by atoms with Gasteiger partial charge in [0.25, 0.3) is 11.8 Å². The minimum atomic E-state index is -1.14. The van der Waals surface area contributed by atoms with E-state index in [1.807, 2.05) is 0 Å². The zero-order valence-corrected chi connectivity index (χ0v) is 14.2. The molecular weight excluding hydrogens is 358 g/mol. The van der Waals surface area contributed by atoms with Gasteiger partial charge in [0.2, 0.25) is 0 Å². The number of amides is 5. The lowest BCUT2D eigenvalue weighted by atomic mass is 10.0. The highest BCUT2D eigenvalue weighted by molar-refractivity contribution is 5.96. The van der Waals surface area contributed by atoms with Crippen LogP contribution >= 0.6 is 0 Å². The molecule has 2 bridgehead atoms. The molecule has 27 heavy (non-hydrogen) atoms. The fourth-order valence-corrected chi connectivity index (χ4v) is 3.15. The van der Waals surface area contributed by atoms with Crippen molar-refractivity contribution in [1.82, 2.24) is 26.1 Å². The van der Waals surface area contributed by atoms with Crippen LogP contribution in [0.15, 0.2) is 24.3 Å². The Bertz CT molecular complexity index is 767. The maximum atomic E-state index is 12.3. The molecule has 2 heterocycles. The van der Waals surface area contributed by atoms with Gasteiger partial charge in [0.15, 0.2) is 0 Å². The number of carbonyl (C=O) groups is 4. The van der Waals surface area contributed by atoms with Crippen LogP contribution in [0.2, 0.25) is 0 Å². The first-order chi connectivity index (χ1) is 12.9. The lowest BCUT2D eigenvalue weighted by Crippen LogP contribution is -2.54.